The molecule has 2 nitrogen and oxygen atoms in total. The number of hydrogen-bond donors (Lipinski definition) is 0. The van der Waals surface area contributed by atoms with Crippen LogP contribution in [0.2, 0.25) is 0 Å². The molecule has 0 fully saturated rings. The van der Waals surface area contributed by atoms with Gasteiger partial charge in [-0.25, -0.2) is 0 Å². The molecule has 2 heteroatoms. The van der Waals surface area contributed by atoms with Crippen LogP contribution in [-0.2, 0) is 0 Å². The SMILES string of the molecule is c1ccc(-c2ccc(N(c3ccccc3)c3cccc4c3c3c(-c5ccccc5)cccc3n4-c3ccccc3)cc2)cc1. The minimum absolute atomic E-state index is 1.11. The summed E-state index contributed by atoms with van der Waals surface area (Å²) in [5.41, 5.74) is 11.7. The van der Waals surface area contributed by atoms with Gasteiger partial charge in [-0.05, 0) is 76.9 Å². The summed E-state index contributed by atoms with van der Waals surface area (Å²) in [4.78, 5) is 2.40. The fourth-order valence-electron chi connectivity index (χ4n) is 6.43. The van der Waals surface area contributed by atoms with Crippen LogP contribution in [0.3, 0.4) is 0 Å². The van der Waals surface area contributed by atoms with Gasteiger partial charge in [0.25, 0.3) is 0 Å². The Morgan fingerprint density at radius 1 is 0.341 bits per heavy atom. The summed E-state index contributed by atoms with van der Waals surface area (Å²) >= 11 is 0. The normalized spacial score (nSPS) is 11.2. The van der Waals surface area contributed by atoms with Gasteiger partial charge in [0.2, 0.25) is 0 Å². The lowest BCUT2D eigenvalue weighted by molar-refractivity contribution is 1.18. The highest BCUT2D eigenvalue weighted by atomic mass is 15.1. The number of benzene rings is 7. The lowest BCUT2D eigenvalue weighted by atomic mass is 9.98. The zero-order chi connectivity index (χ0) is 29.3. The smallest absolute Gasteiger partial charge is 0.0562 e. The maximum absolute atomic E-state index is 2.41. The van der Waals surface area contributed by atoms with Gasteiger partial charge in [0.15, 0.2) is 0 Å². The molecule has 0 spiro atoms. The molecule has 0 atom stereocenters. The third kappa shape index (κ3) is 4.45. The summed E-state index contributed by atoms with van der Waals surface area (Å²) in [6, 6.07) is 65.0. The number of rotatable bonds is 6. The topological polar surface area (TPSA) is 8.17 Å². The molecule has 1 aromatic heterocycles. The first-order chi connectivity index (χ1) is 21.9. The van der Waals surface area contributed by atoms with E-state index in [1.54, 1.807) is 0 Å². The molecule has 208 valence electrons. The van der Waals surface area contributed by atoms with Crippen LogP contribution in [0.15, 0.2) is 182 Å². The predicted octanol–water partition coefficient (Wildman–Crippen LogP) is 11.6. The van der Waals surface area contributed by atoms with Gasteiger partial charge in [-0.3, -0.25) is 0 Å². The largest absolute Gasteiger partial charge is 0.310 e. The van der Waals surface area contributed by atoms with Gasteiger partial charge in [-0.1, -0.05) is 127 Å². The van der Waals surface area contributed by atoms with Crippen molar-refractivity contribution in [3.8, 4) is 27.9 Å². The Morgan fingerprint density at radius 2 is 0.841 bits per heavy atom. The molecule has 0 bridgehead atoms. The number of anilines is 3. The molecule has 0 aliphatic heterocycles. The maximum Gasteiger partial charge on any atom is 0.0562 e. The van der Waals surface area contributed by atoms with Crippen molar-refractivity contribution in [2.75, 3.05) is 4.90 Å². The van der Waals surface area contributed by atoms with E-state index >= 15 is 0 Å². The van der Waals surface area contributed by atoms with Crippen LogP contribution < -0.4 is 4.90 Å². The summed E-state index contributed by atoms with van der Waals surface area (Å²) in [6.45, 7) is 0. The number of para-hydroxylation sites is 2. The Kier molecular flexibility index (Phi) is 6.51. The van der Waals surface area contributed by atoms with Crippen LogP contribution in [0.25, 0.3) is 49.7 Å². The molecule has 0 aliphatic rings. The Labute approximate surface area is 257 Å². The molecule has 0 radical (unpaired) electrons. The van der Waals surface area contributed by atoms with Gasteiger partial charge in [0, 0.05) is 27.8 Å². The van der Waals surface area contributed by atoms with Gasteiger partial charge < -0.3 is 9.47 Å². The van der Waals surface area contributed by atoms with Crippen molar-refractivity contribution in [1.82, 2.24) is 4.57 Å². The highest BCUT2D eigenvalue weighted by Crippen LogP contribution is 2.46. The van der Waals surface area contributed by atoms with Gasteiger partial charge in [-0.15, -0.1) is 0 Å². The molecule has 44 heavy (non-hydrogen) atoms. The van der Waals surface area contributed by atoms with E-state index in [9.17, 15) is 0 Å². The fraction of sp³-hybridized carbons (Fsp3) is 0. The molecule has 8 aromatic rings. The van der Waals surface area contributed by atoms with Crippen molar-refractivity contribution in [3.63, 3.8) is 0 Å². The highest BCUT2D eigenvalue weighted by molar-refractivity contribution is 6.21. The molecule has 0 aliphatic carbocycles. The molecule has 1 heterocycles. The van der Waals surface area contributed by atoms with Crippen LogP contribution in [0.4, 0.5) is 17.1 Å². The molecule has 0 N–H and O–H groups in total. The van der Waals surface area contributed by atoms with Gasteiger partial charge in [0.1, 0.15) is 0 Å². The molecule has 0 unspecified atom stereocenters. The standard InChI is InChI=1S/C42H30N2/c1-5-15-31(16-6-1)32-27-29-36(30-28-32)43(34-19-9-3-10-20-34)39-25-14-26-40-42(39)41-37(33-17-7-2-8-18-33)23-13-24-38(41)44(40)35-21-11-4-12-22-35/h1-30H. The predicted molar refractivity (Wildman–Crippen MR) is 186 cm³/mol. The first kappa shape index (κ1) is 25.8. The number of nitrogens with zero attached hydrogens (tertiary/aromatic N) is 2. The van der Waals surface area contributed by atoms with Crippen LogP contribution in [0.5, 0.6) is 0 Å². The Morgan fingerprint density at radius 3 is 1.50 bits per heavy atom. The summed E-state index contributed by atoms with van der Waals surface area (Å²) < 4.78 is 2.41. The van der Waals surface area contributed by atoms with Crippen molar-refractivity contribution < 1.29 is 0 Å². The van der Waals surface area contributed by atoms with E-state index in [1.807, 2.05) is 0 Å². The second-order valence-electron chi connectivity index (χ2n) is 11.0. The fourth-order valence-corrected chi connectivity index (χ4v) is 6.43. The Hall–Kier alpha value is -5.86. The first-order valence-corrected chi connectivity index (χ1v) is 15.0. The average molecular weight is 563 g/mol. The van der Waals surface area contributed by atoms with Crippen LogP contribution in [0.1, 0.15) is 0 Å². The van der Waals surface area contributed by atoms with Gasteiger partial charge in [0.05, 0.1) is 16.7 Å². The van der Waals surface area contributed by atoms with Gasteiger partial charge in [-0.2, -0.15) is 0 Å². The summed E-state index contributed by atoms with van der Waals surface area (Å²) in [5.74, 6) is 0. The first-order valence-electron chi connectivity index (χ1n) is 15.0. The van der Waals surface area contributed by atoms with Crippen molar-refractivity contribution in [2.24, 2.45) is 0 Å². The minimum atomic E-state index is 1.11. The maximum atomic E-state index is 2.41. The Balaban J connectivity index is 1.44. The molecule has 0 amide bonds. The molecule has 8 rings (SSSR count). The second kappa shape index (κ2) is 11.1. The lowest BCUT2D eigenvalue weighted by Crippen LogP contribution is -2.10. The van der Waals surface area contributed by atoms with E-state index in [1.165, 1.54) is 44.1 Å². The molecule has 0 saturated heterocycles. The minimum Gasteiger partial charge on any atom is -0.310 e. The summed E-state index contributed by atoms with van der Waals surface area (Å²) in [7, 11) is 0. The number of fused-ring (bicyclic) bond motifs is 3. The van der Waals surface area contributed by atoms with E-state index in [-0.39, 0.29) is 0 Å². The third-order valence-electron chi connectivity index (χ3n) is 8.38. The van der Waals surface area contributed by atoms with Crippen LogP contribution >= 0.6 is 0 Å². The van der Waals surface area contributed by atoms with Crippen LogP contribution in [-0.4, -0.2) is 4.57 Å². The monoisotopic (exact) mass is 562 g/mol. The van der Waals surface area contributed by atoms with Crippen molar-refractivity contribution in [2.45, 2.75) is 0 Å². The zero-order valence-electron chi connectivity index (χ0n) is 24.2. The Bertz CT molecular complexity index is 2180. The molecular formula is C42H30N2. The van der Waals surface area contributed by atoms with Gasteiger partial charge >= 0.3 is 0 Å². The van der Waals surface area contributed by atoms with E-state index in [0.29, 0.717) is 0 Å². The second-order valence-corrected chi connectivity index (χ2v) is 11.0. The molecule has 0 saturated carbocycles. The average Bonchev–Trinajstić information content (AvgIpc) is 3.46. The van der Waals surface area contributed by atoms with Crippen LogP contribution in [0, 0.1) is 0 Å². The van der Waals surface area contributed by atoms with Crippen molar-refractivity contribution in [3.05, 3.63) is 182 Å². The summed E-state index contributed by atoms with van der Waals surface area (Å²) in [6.07, 6.45) is 0. The highest BCUT2D eigenvalue weighted by Gasteiger charge is 2.22. The number of aromatic nitrogens is 1. The van der Waals surface area contributed by atoms with E-state index < -0.39 is 0 Å². The molecule has 7 aromatic carbocycles. The van der Waals surface area contributed by atoms with Crippen molar-refractivity contribution >= 4 is 38.9 Å². The van der Waals surface area contributed by atoms with Crippen molar-refractivity contribution in [1.29, 1.82) is 0 Å². The zero-order valence-corrected chi connectivity index (χ0v) is 24.2. The molecular weight excluding hydrogens is 532 g/mol. The lowest BCUT2D eigenvalue weighted by Gasteiger charge is -2.27. The van der Waals surface area contributed by atoms with E-state index in [0.717, 1.165) is 22.7 Å². The third-order valence-corrected chi connectivity index (χ3v) is 8.38. The van der Waals surface area contributed by atoms with E-state index in [4.69, 9.17) is 0 Å². The van der Waals surface area contributed by atoms with E-state index in [2.05, 4.69) is 191 Å². The summed E-state index contributed by atoms with van der Waals surface area (Å²) in [5, 5.41) is 2.47. The number of hydrogen-bond acceptors (Lipinski definition) is 1. The quantitative estimate of drug-likeness (QED) is 0.196.